The largest absolute Gasteiger partial charge is 0.486 e. The standard InChI is InChI=1S/C25H31N3O5S/c1-26(22-8-4-6-19-5-2-3-7-21(19)22)18-25(29)27-11-13-28(14-12-27)34(30,31)20-9-10-23-24(17-20)33-16-15-32-23/h2-3,5,7,9-10,17,22H,4,6,8,11-16,18H2,1H3. The summed E-state index contributed by atoms with van der Waals surface area (Å²) >= 11 is 0. The maximum absolute atomic E-state index is 13.2. The van der Waals surface area contributed by atoms with Crippen molar-refractivity contribution >= 4 is 15.9 Å². The highest BCUT2D eigenvalue weighted by atomic mass is 32.2. The Morgan fingerprint density at radius 1 is 1.03 bits per heavy atom. The number of rotatable bonds is 5. The summed E-state index contributed by atoms with van der Waals surface area (Å²) in [6.45, 7) is 2.51. The summed E-state index contributed by atoms with van der Waals surface area (Å²) in [6.07, 6.45) is 3.26. The molecule has 0 radical (unpaired) electrons. The maximum Gasteiger partial charge on any atom is 0.243 e. The summed E-state index contributed by atoms with van der Waals surface area (Å²) in [5, 5.41) is 0. The van der Waals surface area contributed by atoms with Crippen molar-refractivity contribution < 1.29 is 22.7 Å². The Morgan fingerprint density at radius 2 is 1.76 bits per heavy atom. The van der Waals surface area contributed by atoms with Crippen LogP contribution in [0.25, 0.3) is 0 Å². The Balaban J connectivity index is 1.19. The van der Waals surface area contributed by atoms with Crippen molar-refractivity contribution in [1.82, 2.24) is 14.1 Å². The van der Waals surface area contributed by atoms with Crippen LogP contribution in [0.3, 0.4) is 0 Å². The number of hydrogen-bond donors (Lipinski definition) is 0. The minimum Gasteiger partial charge on any atom is -0.486 e. The smallest absolute Gasteiger partial charge is 0.243 e. The van der Waals surface area contributed by atoms with Gasteiger partial charge in [-0.3, -0.25) is 9.69 Å². The predicted molar refractivity (Wildman–Crippen MR) is 128 cm³/mol. The van der Waals surface area contributed by atoms with Crippen molar-refractivity contribution in [2.45, 2.75) is 30.2 Å². The third-order valence-corrected chi connectivity index (χ3v) is 8.89. The molecule has 1 atom stereocenters. The minimum absolute atomic E-state index is 0.0435. The third-order valence-electron chi connectivity index (χ3n) is 7.00. The molecule has 0 saturated carbocycles. The lowest BCUT2D eigenvalue weighted by atomic mass is 9.87. The molecular formula is C25H31N3O5S. The lowest BCUT2D eigenvalue weighted by Gasteiger charge is -2.37. The summed E-state index contributed by atoms with van der Waals surface area (Å²) in [7, 11) is -1.66. The molecule has 0 aromatic heterocycles. The first-order chi connectivity index (χ1) is 16.4. The van der Waals surface area contributed by atoms with Gasteiger partial charge in [0.1, 0.15) is 13.2 Å². The van der Waals surface area contributed by atoms with E-state index in [1.807, 2.05) is 7.05 Å². The Hall–Kier alpha value is -2.62. The topological polar surface area (TPSA) is 79.4 Å². The van der Waals surface area contributed by atoms with E-state index in [-0.39, 0.29) is 29.9 Å². The van der Waals surface area contributed by atoms with Crippen molar-refractivity contribution in [3.63, 3.8) is 0 Å². The quantitative estimate of drug-likeness (QED) is 0.647. The number of nitrogens with zero attached hydrogens (tertiary/aromatic N) is 3. The molecule has 0 N–H and O–H groups in total. The number of benzene rings is 2. The van der Waals surface area contributed by atoms with E-state index in [4.69, 9.17) is 9.47 Å². The highest BCUT2D eigenvalue weighted by Crippen LogP contribution is 2.34. The van der Waals surface area contributed by atoms with Crippen molar-refractivity contribution in [3.05, 3.63) is 53.6 Å². The fourth-order valence-electron chi connectivity index (χ4n) is 5.12. The molecule has 1 fully saturated rings. The summed E-state index contributed by atoms with van der Waals surface area (Å²) in [5.41, 5.74) is 2.69. The first kappa shape index (κ1) is 23.1. The molecule has 1 aliphatic carbocycles. The van der Waals surface area contributed by atoms with Gasteiger partial charge in [-0.2, -0.15) is 4.31 Å². The minimum atomic E-state index is -3.67. The number of carbonyl (C=O) groups excluding carboxylic acids is 1. The molecule has 3 aliphatic rings. The van der Waals surface area contributed by atoms with Crippen LogP contribution >= 0.6 is 0 Å². The van der Waals surface area contributed by atoms with Crippen LogP contribution in [0.4, 0.5) is 0 Å². The fraction of sp³-hybridized carbons (Fsp3) is 0.480. The zero-order chi connectivity index (χ0) is 23.7. The number of aryl methyl sites for hydroxylation is 1. The molecule has 1 saturated heterocycles. The van der Waals surface area contributed by atoms with Gasteiger partial charge in [0, 0.05) is 38.3 Å². The van der Waals surface area contributed by atoms with Gasteiger partial charge < -0.3 is 14.4 Å². The second-order valence-electron chi connectivity index (χ2n) is 9.11. The molecule has 1 unspecified atom stereocenters. The van der Waals surface area contributed by atoms with Crippen LogP contribution in [0, 0.1) is 0 Å². The van der Waals surface area contributed by atoms with Gasteiger partial charge in [-0.25, -0.2) is 8.42 Å². The van der Waals surface area contributed by atoms with Crippen LogP contribution in [0.15, 0.2) is 47.4 Å². The molecule has 2 aromatic carbocycles. The molecule has 34 heavy (non-hydrogen) atoms. The van der Waals surface area contributed by atoms with Crippen molar-refractivity contribution in [1.29, 1.82) is 0 Å². The molecular weight excluding hydrogens is 454 g/mol. The van der Waals surface area contributed by atoms with E-state index in [1.165, 1.54) is 21.5 Å². The van der Waals surface area contributed by atoms with Gasteiger partial charge in [-0.05, 0) is 49.6 Å². The van der Waals surface area contributed by atoms with E-state index in [2.05, 4.69) is 29.2 Å². The van der Waals surface area contributed by atoms with Crippen LogP contribution < -0.4 is 9.47 Å². The van der Waals surface area contributed by atoms with Gasteiger partial charge in [0.2, 0.25) is 15.9 Å². The SMILES string of the molecule is CN(CC(=O)N1CCN(S(=O)(=O)c2ccc3c(c2)OCCO3)CC1)C1CCCc2ccccc21. The molecule has 9 heteroatoms. The van der Waals surface area contributed by atoms with Crippen LogP contribution in [0.5, 0.6) is 11.5 Å². The van der Waals surface area contributed by atoms with E-state index < -0.39 is 10.0 Å². The number of ether oxygens (including phenoxy) is 2. The molecule has 8 nitrogen and oxygen atoms in total. The fourth-order valence-corrected chi connectivity index (χ4v) is 6.56. The zero-order valence-electron chi connectivity index (χ0n) is 19.5. The van der Waals surface area contributed by atoms with Gasteiger partial charge in [-0.1, -0.05) is 24.3 Å². The molecule has 0 bridgehead atoms. The summed E-state index contributed by atoms with van der Waals surface area (Å²) < 4.78 is 38.8. The van der Waals surface area contributed by atoms with Crippen molar-refractivity contribution in [2.75, 3.05) is 53.0 Å². The van der Waals surface area contributed by atoms with E-state index in [0.717, 1.165) is 19.3 Å². The second kappa shape index (κ2) is 9.56. The van der Waals surface area contributed by atoms with E-state index >= 15 is 0 Å². The lowest BCUT2D eigenvalue weighted by molar-refractivity contribution is -0.133. The van der Waals surface area contributed by atoms with Gasteiger partial charge in [0.15, 0.2) is 11.5 Å². The van der Waals surface area contributed by atoms with Crippen molar-refractivity contribution in [3.8, 4) is 11.5 Å². The highest BCUT2D eigenvalue weighted by molar-refractivity contribution is 7.89. The van der Waals surface area contributed by atoms with Crippen LogP contribution in [0.1, 0.15) is 30.0 Å². The summed E-state index contributed by atoms with van der Waals surface area (Å²) in [6, 6.07) is 13.4. The number of amides is 1. The Labute approximate surface area is 201 Å². The van der Waals surface area contributed by atoms with Crippen LogP contribution in [0.2, 0.25) is 0 Å². The lowest BCUT2D eigenvalue weighted by Crippen LogP contribution is -2.52. The third kappa shape index (κ3) is 4.52. The van der Waals surface area contributed by atoms with Crippen LogP contribution in [-0.4, -0.2) is 81.4 Å². The average Bonchev–Trinajstić information content (AvgIpc) is 2.88. The maximum atomic E-state index is 13.2. The Bertz CT molecular complexity index is 1160. The number of carbonyl (C=O) groups is 1. The number of fused-ring (bicyclic) bond motifs is 2. The molecule has 182 valence electrons. The summed E-state index contributed by atoms with van der Waals surface area (Å²) in [4.78, 5) is 17.1. The number of likely N-dealkylation sites (N-methyl/N-ethyl adjacent to an activating group) is 1. The van der Waals surface area contributed by atoms with E-state index in [1.54, 1.807) is 17.0 Å². The monoisotopic (exact) mass is 485 g/mol. The number of sulfonamides is 1. The van der Waals surface area contributed by atoms with E-state index in [9.17, 15) is 13.2 Å². The molecule has 2 aliphatic heterocycles. The number of hydrogen-bond acceptors (Lipinski definition) is 6. The van der Waals surface area contributed by atoms with Gasteiger partial charge in [-0.15, -0.1) is 0 Å². The zero-order valence-corrected chi connectivity index (χ0v) is 20.3. The first-order valence-corrected chi connectivity index (χ1v) is 13.3. The van der Waals surface area contributed by atoms with Gasteiger partial charge >= 0.3 is 0 Å². The molecule has 1 amide bonds. The average molecular weight is 486 g/mol. The molecule has 2 aromatic rings. The Kier molecular flexibility index (Phi) is 6.50. The van der Waals surface area contributed by atoms with E-state index in [0.29, 0.717) is 44.3 Å². The molecule has 0 spiro atoms. The van der Waals surface area contributed by atoms with Crippen molar-refractivity contribution in [2.24, 2.45) is 0 Å². The second-order valence-corrected chi connectivity index (χ2v) is 11.1. The van der Waals surface area contributed by atoms with Gasteiger partial charge in [0.25, 0.3) is 0 Å². The highest BCUT2D eigenvalue weighted by Gasteiger charge is 2.32. The van der Waals surface area contributed by atoms with Gasteiger partial charge in [0.05, 0.1) is 11.4 Å². The Morgan fingerprint density at radius 3 is 2.56 bits per heavy atom. The first-order valence-electron chi connectivity index (χ1n) is 11.9. The predicted octanol–water partition coefficient (Wildman–Crippen LogP) is 2.30. The summed E-state index contributed by atoms with van der Waals surface area (Å²) in [5.74, 6) is 1.06. The number of piperazine rings is 1. The molecule has 2 heterocycles. The normalized spacial score (nSPS) is 20.8. The molecule has 5 rings (SSSR count). The van der Waals surface area contributed by atoms with Crippen LogP contribution in [-0.2, 0) is 21.2 Å².